The van der Waals surface area contributed by atoms with Crippen LogP contribution in [-0.2, 0) is 4.74 Å². The summed E-state index contributed by atoms with van der Waals surface area (Å²) in [6.45, 7) is 4.21. The number of methoxy groups -OCH3 is 1. The lowest BCUT2D eigenvalue weighted by atomic mass is 10.1. The monoisotopic (exact) mass is 376 g/mol. The summed E-state index contributed by atoms with van der Waals surface area (Å²) in [4.78, 5) is 20.8. The number of anilines is 3. The van der Waals surface area contributed by atoms with Gasteiger partial charge in [0, 0.05) is 23.4 Å². The second-order valence-corrected chi connectivity index (χ2v) is 6.48. The normalized spacial score (nSPS) is 11.5. The van der Waals surface area contributed by atoms with Crippen LogP contribution in [0.2, 0.25) is 0 Å². The summed E-state index contributed by atoms with van der Waals surface area (Å²) in [6.07, 6.45) is 0.969. The fourth-order valence-corrected chi connectivity index (χ4v) is 2.61. The fourth-order valence-electron chi connectivity index (χ4n) is 2.61. The van der Waals surface area contributed by atoms with Crippen LogP contribution >= 0.6 is 0 Å². The number of ether oxygens (including phenoxy) is 1. The van der Waals surface area contributed by atoms with E-state index in [0.29, 0.717) is 17.3 Å². The van der Waals surface area contributed by atoms with Gasteiger partial charge in [0.15, 0.2) is 0 Å². The first-order valence-corrected chi connectivity index (χ1v) is 9.25. The van der Waals surface area contributed by atoms with Gasteiger partial charge in [-0.15, -0.1) is 0 Å². The van der Waals surface area contributed by atoms with Crippen LogP contribution in [0.3, 0.4) is 0 Å². The van der Waals surface area contributed by atoms with E-state index in [1.54, 1.807) is 12.1 Å². The van der Waals surface area contributed by atoms with Gasteiger partial charge in [0.25, 0.3) is 0 Å². The summed E-state index contributed by atoms with van der Waals surface area (Å²) >= 11 is 0. The molecule has 0 saturated carbocycles. The van der Waals surface area contributed by atoms with Crippen LogP contribution in [0.4, 0.5) is 17.5 Å². The van der Waals surface area contributed by atoms with Crippen molar-refractivity contribution in [1.29, 1.82) is 0 Å². The maximum atomic E-state index is 11.6. The van der Waals surface area contributed by atoms with Crippen LogP contribution in [-0.4, -0.2) is 29.1 Å². The van der Waals surface area contributed by atoms with E-state index in [1.165, 1.54) is 7.11 Å². The van der Waals surface area contributed by atoms with Gasteiger partial charge in [-0.2, -0.15) is 4.98 Å². The number of carbonyl (C=O) groups excluding carboxylic acids is 1. The topological polar surface area (TPSA) is 76.1 Å². The van der Waals surface area contributed by atoms with E-state index in [-0.39, 0.29) is 12.0 Å². The minimum absolute atomic E-state index is 0.262. The SMILES string of the molecule is CCC(C)Nc1nc(Nc2ccc(C(=O)OC)cc2)cc(-c2ccccc2)n1. The minimum Gasteiger partial charge on any atom is -0.465 e. The first-order valence-electron chi connectivity index (χ1n) is 9.25. The maximum absolute atomic E-state index is 11.6. The van der Waals surface area contributed by atoms with Crippen LogP contribution in [0.5, 0.6) is 0 Å². The van der Waals surface area contributed by atoms with Crippen LogP contribution in [0, 0.1) is 0 Å². The number of nitrogens with one attached hydrogen (secondary N) is 2. The highest BCUT2D eigenvalue weighted by molar-refractivity contribution is 5.89. The number of hydrogen-bond donors (Lipinski definition) is 2. The van der Waals surface area contributed by atoms with Gasteiger partial charge in [-0.25, -0.2) is 9.78 Å². The number of carbonyl (C=O) groups is 1. The number of esters is 1. The molecule has 1 atom stereocenters. The quantitative estimate of drug-likeness (QED) is 0.572. The van der Waals surface area contributed by atoms with E-state index in [9.17, 15) is 4.79 Å². The predicted octanol–water partition coefficient (Wildman–Crippen LogP) is 4.88. The molecule has 6 nitrogen and oxygen atoms in total. The molecule has 0 spiro atoms. The second-order valence-electron chi connectivity index (χ2n) is 6.48. The van der Waals surface area contributed by atoms with Crippen LogP contribution in [0.1, 0.15) is 30.6 Å². The van der Waals surface area contributed by atoms with Crippen LogP contribution in [0.25, 0.3) is 11.3 Å². The molecule has 0 amide bonds. The minimum atomic E-state index is -0.361. The highest BCUT2D eigenvalue weighted by atomic mass is 16.5. The molecule has 6 heteroatoms. The Labute approximate surface area is 165 Å². The van der Waals surface area contributed by atoms with Gasteiger partial charge < -0.3 is 15.4 Å². The van der Waals surface area contributed by atoms with Gasteiger partial charge in [-0.05, 0) is 37.6 Å². The summed E-state index contributed by atoms with van der Waals surface area (Å²) in [6, 6.07) is 19.2. The smallest absolute Gasteiger partial charge is 0.337 e. The van der Waals surface area contributed by atoms with Crippen molar-refractivity contribution in [3.63, 3.8) is 0 Å². The number of benzene rings is 2. The molecule has 0 aliphatic rings. The molecule has 2 aromatic carbocycles. The zero-order valence-electron chi connectivity index (χ0n) is 16.3. The Morgan fingerprint density at radius 1 is 1.07 bits per heavy atom. The average Bonchev–Trinajstić information content (AvgIpc) is 2.74. The van der Waals surface area contributed by atoms with Crippen LogP contribution in [0.15, 0.2) is 60.7 Å². The molecule has 0 saturated heterocycles. The van der Waals surface area contributed by atoms with Crippen molar-refractivity contribution in [2.24, 2.45) is 0 Å². The summed E-state index contributed by atoms with van der Waals surface area (Å²) in [5.41, 5.74) is 3.16. The number of nitrogens with zero attached hydrogens (tertiary/aromatic N) is 2. The third-order valence-corrected chi connectivity index (χ3v) is 4.36. The van der Waals surface area contributed by atoms with E-state index in [4.69, 9.17) is 4.74 Å². The predicted molar refractivity (Wildman–Crippen MR) is 112 cm³/mol. The molecule has 0 radical (unpaired) electrons. The van der Waals surface area contributed by atoms with E-state index in [0.717, 1.165) is 23.4 Å². The molecular formula is C22H24N4O2. The maximum Gasteiger partial charge on any atom is 0.337 e. The zero-order chi connectivity index (χ0) is 19.9. The molecule has 1 unspecified atom stereocenters. The van der Waals surface area contributed by atoms with Crippen molar-refractivity contribution < 1.29 is 9.53 Å². The van der Waals surface area contributed by atoms with Crippen molar-refractivity contribution in [1.82, 2.24) is 9.97 Å². The molecule has 2 N–H and O–H groups in total. The number of hydrogen-bond acceptors (Lipinski definition) is 6. The highest BCUT2D eigenvalue weighted by Gasteiger charge is 2.10. The molecular weight excluding hydrogens is 352 g/mol. The standard InChI is InChI=1S/C22H24N4O2/c1-4-15(2)23-22-25-19(16-8-6-5-7-9-16)14-20(26-22)24-18-12-10-17(11-13-18)21(27)28-3/h5-15H,4H2,1-3H3,(H2,23,24,25,26). The summed E-state index contributed by atoms with van der Waals surface area (Å²) < 4.78 is 4.73. The molecule has 0 aliphatic heterocycles. The molecule has 0 aliphatic carbocycles. The lowest BCUT2D eigenvalue weighted by Gasteiger charge is -2.15. The molecule has 3 aromatic rings. The Hall–Kier alpha value is -3.41. The molecule has 144 valence electrons. The third-order valence-electron chi connectivity index (χ3n) is 4.36. The Morgan fingerprint density at radius 3 is 2.43 bits per heavy atom. The highest BCUT2D eigenvalue weighted by Crippen LogP contribution is 2.24. The fraction of sp³-hybridized carbons (Fsp3) is 0.227. The van der Waals surface area contributed by atoms with Gasteiger partial charge >= 0.3 is 5.97 Å². The van der Waals surface area contributed by atoms with Crippen LogP contribution < -0.4 is 10.6 Å². The van der Waals surface area contributed by atoms with Gasteiger partial charge in [-0.3, -0.25) is 0 Å². The van der Waals surface area contributed by atoms with Gasteiger partial charge in [0.1, 0.15) is 5.82 Å². The lowest BCUT2D eigenvalue weighted by molar-refractivity contribution is 0.0601. The Morgan fingerprint density at radius 2 is 1.79 bits per heavy atom. The van der Waals surface area contributed by atoms with E-state index < -0.39 is 0 Å². The lowest BCUT2D eigenvalue weighted by Crippen LogP contribution is -2.16. The summed E-state index contributed by atoms with van der Waals surface area (Å²) in [5.74, 6) is 0.884. The summed E-state index contributed by atoms with van der Waals surface area (Å²) in [5, 5.41) is 6.62. The van der Waals surface area contributed by atoms with Crippen molar-refractivity contribution in [3.8, 4) is 11.3 Å². The second kappa shape index (κ2) is 8.99. The Bertz CT molecular complexity index is 927. The molecule has 3 rings (SSSR count). The van der Waals surface area contributed by atoms with E-state index in [2.05, 4.69) is 34.4 Å². The molecule has 28 heavy (non-hydrogen) atoms. The van der Waals surface area contributed by atoms with Crippen molar-refractivity contribution in [2.45, 2.75) is 26.3 Å². The molecule has 0 bridgehead atoms. The van der Waals surface area contributed by atoms with E-state index in [1.807, 2.05) is 48.5 Å². The first kappa shape index (κ1) is 19.4. The summed E-state index contributed by atoms with van der Waals surface area (Å²) in [7, 11) is 1.37. The largest absolute Gasteiger partial charge is 0.465 e. The third kappa shape index (κ3) is 4.85. The van der Waals surface area contributed by atoms with Crippen molar-refractivity contribution in [3.05, 3.63) is 66.2 Å². The van der Waals surface area contributed by atoms with E-state index >= 15 is 0 Å². The Kier molecular flexibility index (Phi) is 6.22. The average molecular weight is 376 g/mol. The number of aromatic nitrogens is 2. The van der Waals surface area contributed by atoms with Crippen molar-refractivity contribution >= 4 is 23.4 Å². The van der Waals surface area contributed by atoms with Gasteiger partial charge in [0.2, 0.25) is 5.95 Å². The zero-order valence-corrected chi connectivity index (χ0v) is 16.3. The molecule has 1 heterocycles. The first-order chi connectivity index (χ1) is 13.6. The molecule has 0 fully saturated rings. The Balaban J connectivity index is 1.90. The van der Waals surface area contributed by atoms with Crippen molar-refractivity contribution in [2.75, 3.05) is 17.7 Å². The van der Waals surface area contributed by atoms with Gasteiger partial charge in [0.05, 0.1) is 18.4 Å². The molecule has 1 aromatic heterocycles. The van der Waals surface area contributed by atoms with Gasteiger partial charge in [-0.1, -0.05) is 37.3 Å². The number of rotatable bonds is 7.